The molecular formula is C27H24FNO5. The van der Waals surface area contributed by atoms with Crippen LogP contribution in [0.2, 0.25) is 0 Å². The molecule has 0 radical (unpaired) electrons. The van der Waals surface area contributed by atoms with Crippen molar-refractivity contribution in [2.24, 2.45) is 0 Å². The predicted octanol–water partition coefficient (Wildman–Crippen LogP) is 5.03. The van der Waals surface area contributed by atoms with Gasteiger partial charge in [0.05, 0.1) is 20.3 Å². The Morgan fingerprint density at radius 1 is 0.824 bits per heavy atom. The van der Waals surface area contributed by atoms with Crippen molar-refractivity contribution in [1.29, 1.82) is 0 Å². The number of ketones is 1. The maximum absolute atomic E-state index is 13.0. The molecule has 0 saturated carbocycles. The van der Waals surface area contributed by atoms with Crippen molar-refractivity contribution in [2.75, 3.05) is 20.3 Å². The highest BCUT2D eigenvalue weighted by Crippen LogP contribution is 2.22. The fourth-order valence-electron chi connectivity index (χ4n) is 3.52. The smallest absolute Gasteiger partial charge is 0.325 e. The fraction of sp³-hybridized carbons (Fsp3) is 0.185. The molecule has 0 aliphatic carbocycles. The standard InChI is InChI=1S/C27H24FNO5/c1-32-26(30)18-29-14-13-21-17-24(11-12-25(21)29)34-16-2-15-33-23-9-5-20(6-10-23)27(31)19-3-7-22(28)8-4-19/h3-14,17H,2,15-16,18H2,1H3. The first-order valence-electron chi connectivity index (χ1n) is 10.8. The molecule has 0 saturated heterocycles. The number of fused-ring (bicyclic) bond motifs is 1. The average Bonchev–Trinajstić information content (AvgIpc) is 3.26. The second kappa shape index (κ2) is 10.7. The van der Waals surface area contributed by atoms with Crippen LogP contribution in [0.15, 0.2) is 79.0 Å². The van der Waals surface area contributed by atoms with Crippen LogP contribution in [0, 0.1) is 5.82 Å². The summed E-state index contributed by atoms with van der Waals surface area (Å²) in [6.45, 7) is 1.11. The van der Waals surface area contributed by atoms with E-state index in [0.717, 1.165) is 16.7 Å². The van der Waals surface area contributed by atoms with Gasteiger partial charge in [-0.25, -0.2) is 4.39 Å². The topological polar surface area (TPSA) is 66.8 Å². The van der Waals surface area contributed by atoms with E-state index >= 15 is 0 Å². The highest BCUT2D eigenvalue weighted by molar-refractivity contribution is 6.09. The van der Waals surface area contributed by atoms with E-state index in [9.17, 15) is 14.0 Å². The second-order valence-electron chi connectivity index (χ2n) is 7.65. The van der Waals surface area contributed by atoms with Gasteiger partial charge >= 0.3 is 5.97 Å². The Balaban J connectivity index is 1.23. The van der Waals surface area contributed by atoms with Crippen molar-refractivity contribution in [2.45, 2.75) is 13.0 Å². The van der Waals surface area contributed by atoms with E-state index in [4.69, 9.17) is 14.2 Å². The number of carbonyl (C=O) groups excluding carboxylic acids is 2. The minimum Gasteiger partial charge on any atom is -0.493 e. The van der Waals surface area contributed by atoms with E-state index in [1.165, 1.54) is 31.4 Å². The van der Waals surface area contributed by atoms with Gasteiger partial charge in [-0.15, -0.1) is 0 Å². The maximum Gasteiger partial charge on any atom is 0.325 e. The monoisotopic (exact) mass is 461 g/mol. The third kappa shape index (κ3) is 5.61. The molecule has 3 aromatic carbocycles. The van der Waals surface area contributed by atoms with E-state index in [0.29, 0.717) is 36.5 Å². The number of ether oxygens (including phenoxy) is 3. The van der Waals surface area contributed by atoms with E-state index in [2.05, 4.69) is 0 Å². The van der Waals surface area contributed by atoms with Crippen molar-refractivity contribution in [3.63, 3.8) is 0 Å². The molecular weight excluding hydrogens is 437 g/mol. The van der Waals surface area contributed by atoms with Crippen LogP contribution in [0.3, 0.4) is 0 Å². The van der Waals surface area contributed by atoms with Gasteiger partial charge in [-0.05, 0) is 72.8 Å². The van der Waals surface area contributed by atoms with Crippen LogP contribution in [-0.2, 0) is 16.1 Å². The lowest BCUT2D eigenvalue weighted by molar-refractivity contribution is -0.141. The van der Waals surface area contributed by atoms with Crippen LogP contribution in [-0.4, -0.2) is 36.6 Å². The van der Waals surface area contributed by atoms with Gasteiger partial charge in [0.25, 0.3) is 0 Å². The highest BCUT2D eigenvalue weighted by Gasteiger charge is 2.10. The van der Waals surface area contributed by atoms with Crippen molar-refractivity contribution in [3.05, 3.63) is 95.9 Å². The normalized spacial score (nSPS) is 10.8. The lowest BCUT2D eigenvalue weighted by Crippen LogP contribution is -2.10. The van der Waals surface area contributed by atoms with Crippen LogP contribution in [0.5, 0.6) is 11.5 Å². The summed E-state index contributed by atoms with van der Waals surface area (Å²) in [6.07, 6.45) is 2.52. The molecule has 174 valence electrons. The number of esters is 1. The molecule has 0 spiro atoms. The van der Waals surface area contributed by atoms with Gasteiger partial charge < -0.3 is 18.8 Å². The number of hydrogen-bond acceptors (Lipinski definition) is 5. The third-order valence-electron chi connectivity index (χ3n) is 5.32. The molecule has 0 aliphatic heterocycles. The molecule has 1 heterocycles. The zero-order chi connectivity index (χ0) is 23.9. The molecule has 0 bridgehead atoms. The highest BCUT2D eigenvalue weighted by atomic mass is 19.1. The number of nitrogens with zero attached hydrogens (tertiary/aromatic N) is 1. The maximum atomic E-state index is 13.0. The lowest BCUT2D eigenvalue weighted by Gasteiger charge is -2.09. The van der Waals surface area contributed by atoms with E-state index in [-0.39, 0.29) is 24.1 Å². The summed E-state index contributed by atoms with van der Waals surface area (Å²) in [5, 5.41) is 0.980. The van der Waals surface area contributed by atoms with Crippen LogP contribution >= 0.6 is 0 Å². The third-order valence-corrected chi connectivity index (χ3v) is 5.32. The first kappa shape index (κ1) is 23.0. The zero-order valence-corrected chi connectivity index (χ0v) is 18.7. The van der Waals surface area contributed by atoms with Crippen LogP contribution in [0.25, 0.3) is 10.9 Å². The molecule has 4 rings (SSSR count). The lowest BCUT2D eigenvalue weighted by atomic mass is 10.0. The first-order chi connectivity index (χ1) is 16.5. The SMILES string of the molecule is COC(=O)Cn1ccc2cc(OCCCOc3ccc(C(=O)c4ccc(F)cc4)cc3)ccc21. The number of halogens is 1. The van der Waals surface area contributed by atoms with Gasteiger partial charge in [0.2, 0.25) is 0 Å². The van der Waals surface area contributed by atoms with Crippen molar-refractivity contribution >= 4 is 22.7 Å². The Hall–Kier alpha value is -4.13. The number of hydrogen-bond donors (Lipinski definition) is 0. The Labute approximate surface area is 196 Å². The summed E-state index contributed by atoms with van der Waals surface area (Å²) < 4.78 is 31.1. The minimum atomic E-state index is -0.375. The number of carbonyl (C=O) groups is 2. The van der Waals surface area contributed by atoms with Crippen molar-refractivity contribution in [3.8, 4) is 11.5 Å². The van der Waals surface area contributed by atoms with Gasteiger partial charge in [0, 0.05) is 34.6 Å². The second-order valence-corrected chi connectivity index (χ2v) is 7.65. The number of aromatic nitrogens is 1. The Morgan fingerprint density at radius 3 is 2.12 bits per heavy atom. The largest absolute Gasteiger partial charge is 0.493 e. The summed E-state index contributed by atoms with van der Waals surface area (Å²) in [4.78, 5) is 23.9. The molecule has 34 heavy (non-hydrogen) atoms. The summed E-state index contributed by atoms with van der Waals surface area (Å²) in [6, 6.07) is 20.0. The summed E-state index contributed by atoms with van der Waals surface area (Å²) in [5.74, 6) is 0.556. The summed E-state index contributed by atoms with van der Waals surface area (Å²) in [5.41, 5.74) is 1.88. The molecule has 0 aliphatic rings. The quantitative estimate of drug-likeness (QED) is 0.188. The van der Waals surface area contributed by atoms with Crippen molar-refractivity contribution < 1.29 is 28.2 Å². The fourth-order valence-corrected chi connectivity index (χ4v) is 3.52. The molecule has 1 aromatic heterocycles. The average molecular weight is 461 g/mol. The van der Waals surface area contributed by atoms with E-state index in [1.807, 2.05) is 35.0 Å². The van der Waals surface area contributed by atoms with Crippen molar-refractivity contribution in [1.82, 2.24) is 4.57 Å². The molecule has 7 heteroatoms. The molecule has 0 atom stereocenters. The van der Waals surface area contributed by atoms with Gasteiger partial charge in [0.1, 0.15) is 23.9 Å². The van der Waals surface area contributed by atoms with Crippen LogP contribution < -0.4 is 9.47 Å². The Morgan fingerprint density at radius 2 is 1.44 bits per heavy atom. The van der Waals surface area contributed by atoms with E-state index in [1.54, 1.807) is 24.3 Å². The Bertz CT molecular complexity index is 1280. The van der Waals surface area contributed by atoms with Crippen LogP contribution in [0.4, 0.5) is 4.39 Å². The number of rotatable bonds is 10. The molecule has 4 aromatic rings. The number of methoxy groups -OCH3 is 1. The minimum absolute atomic E-state index is 0.166. The molecule has 6 nitrogen and oxygen atoms in total. The molecule has 0 amide bonds. The summed E-state index contributed by atoms with van der Waals surface area (Å²) >= 11 is 0. The van der Waals surface area contributed by atoms with Crippen LogP contribution in [0.1, 0.15) is 22.3 Å². The predicted molar refractivity (Wildman–Crippen MR) is 126 cm³/mol. The van der Waals surface area contributed by atoms with Gasteiger partial charge in [-0.2, -0.15) is 0 Å². The molecule has 0 fully saturated rings. The van der Waals surface area contributed by atoms with Gasteiger partial charge in [0.15, 0.2) is 5.78 Å². The summed E-state index contributed by atoms with van der Waals surface area (Å²) in [7, 11) is 1.37. The molecule has 0 N–H and O–H groups in total. The van der Waals surface area contributed by atoms with Gasteiger partial charge in [-0.3, -0.25) is 9.59 Å². The zero-order valence-electron chi connectivity index (χ0n) is 18.7. The van der Waals surface area contributed by atoms with E-state index < -0.39 is 0 Å². The first-order valence-corrected chi connectivity index (χ1v) is 10.8. The van der Waals surface area contributed by atoms with Gasteiger partial charge in [-0.1, -0.05) is 0 Å². The number of benzene rings is 3. The molecule has 0 unspecified atom stereocenters. The Kier molecular flexibility index (Phi) is 7.22.